The minimum absolute atomic E-state index is 0.0988. The Hall–Kier alpha value is -3.81. The summed E-state index contributed by atoms with van der Waals surface area (Å²) in [6, 6.07) is 14.7. The number of carbonyl (C=O) groups is 1. The topological polar surface area (TPSA) is 115 Å². The molecule has 0 saturated carbocycles. The number of rotatable bonds is 4. The van der Waals surface area contributed by atoms with Crippen molar-refractivity contribution in [3.8, 4) is 0 Å². The fourth-order valence-electron chi connectivity index (χ4n) is 3.93. The van der Waals surface area contributed by atoms with E-state index in [-0.39, 0.29) is 11.6 Å². The normalized spacial score (nSPS) is 15.5. The van der Waals surface area contributed by atoms with Gasteiger partial charge >= 0.3 is 0 Å². The van der Waals surface area contributed by atoms with E-state index in [2.05, 4.69) is 17.4 Å². The predicted molar refractivity (Wildman–Crippen MR) is 107 cm³/mol. The first-order valence-corrected chi connectivity index (χ1v) is 9.19. The summed E-state index contributed by atoms with van der Waals surface area (Å²) in [5.74, 6) is -0.567. The molecule has 0 heterocycles. The number of hydrogen-bond acceptors (Lipinski definition) is 5. The van der Waals surface area contributed by atoms with Crippen LogP contribution in [0.3, 0.4) is 0 Å². The SMILES string of the molecule is O=C(NC1CCCc2ccc3ccccc3c21)c1cc([N+](=O)[O-])cc([N+](=O)[O-])c1. The van der Waals surface area contributed by atoms with Crippen LogP contribution in [0.25, 0.3) is 10.8 Å². The number of amides is 1. The van der Waals surface area contributed by atoms with Crippen LogP contribution in [-0.2, 0) is 6.42 Å². The molecule has 0 spiro atoms. The average Bonchev–Trinajstić information content (AvgIpc) is 2.73. The standard InChI is InChI=1S/C21H17N3O5/c25-21(15-10-16(23(26)27)12-17(11-15)24(28)29)22-19-7-3-5-14-9-8-13-4-1-2-6-18(13)20(14)19/h1-2,4,6,8-12,19H,3,5,7H2,(H,22,25). The second kappa shape index (κ2) is 7.31. The number of nitro groups is 2. The monoisotopic (exact) mass is 391 g/mol. The maximum atomic E-state index is 12.9. The molecule has 1 aliphatic carbocycles. The van der Waals surface area contributed by atoms with Gasteiger partial charge in [0.15, 0.2) is 0 Å². The maximum Gasteiger partial charge on any atom is 0.277 e. The van der Waals surface area contributed by atoms with Crippen LogP contribution in [0.4, 0.5) is 11.4 Å². The number of fused-ring (bicyclic) bond motifs is 3. The largest absolute Gasteiger partial charge is 0.345 e. The molecule has 1 amide bonds. The number of nitro benzene ring substituents is 2. The van der Waals surface area contributed by atoms with Gasteiger partial charge in [-0.3, -0.25) is 25.0 Å². The zero-order chi connectivity index (χ0) is 20.5. The van der Waals surface area contributed by atoms with Gasteiger partial charge in [-0.05, 0) is 41.2 Å². The molecule has 0 aromatic heterocycles. The van der Waals surface area contributed by atoms with Crippen molar-refractivity contribution in [2.75, 3.05) is 0 Å². The average molecular weight is 391 g/mol. The van der Waals surface area contributed by atoms with Crippen LogP contribution in [0.1, 0.15) is 40.4 Å². The van der Waals surface area contributed by atoms with Crippen molar-refractivity contribution in [1.82, 2.24) is 5.32 Å². The highest BCUT2D eigenvalue weighted by molar-refractivity contribution is 5.96. The number of benzene rings is 3. The fraction of sp³-hybridized carbons (Fsp3) is 0.190. The predicted octanol–water partition coefficient (Wildman–Crippen LogP) is 4.46. The fourth-order valence-corrected chi connectivity index (χ4v) is 3.93. The first-order valence-electron chi connectivity index (χ1n) is 9.19. The van der Waals surface area contributed by atoms with Gasteiger partial charge in [0.1, 0.15) is 0 Å². The molecule has 8 heteroatoms. The van der Waals surface area contributed by atoms with Gasteiger partial charge in [-0.25, -0.2) is 0 Å². The minimum atomic E-state index is -0.743. The molecule has 146 valence electrons. The number of non-ortho nitro benzene ring substituents is 2. The van der Waals surface area contributed by atoms with E-state index in [1.54, 1.807) is 0 Å². The third-order valence-electron chi connectivity index (χ3n) is 5.24. The Morgan fingerprint density at radius 3 is 2.34 bits per heavy atom. The van der Waals surface area contributed by atoms with Gasteiger partial charge in [-0.15, -0.1) is 0 Å². The molecular formula is C21H17N3O5. The van der Waals surface area contributed by atoms with E-state index in [0.717, 1.165) is 59.4 Å². The highest BCUT2D eigenvalue weighted by atomic mass is 16.6. The van der Waals surface area contributed by atoms with E-state index in [1.165, 1.54) is 0 Å². The van der Waals surface area contributed by atoms with E-state index in [4.69, 9.17) is 0 Å². The van der Waals surface area contributed by atoms with E-state index >= 15 is 0 Å². The van der Waals surface area contributed by atoms with Gasteiger partial charge in [-0.1, -0.05) is 36.4 Å². The van der Waals surface area contributed by atoms with Crippen molar-refractivity contribution in [3.63, 3.8) is 0 Å². The Bertz CT molecular complexity index is 1130. The Labute approximate surface area is 165 Å². The summed E-state index contributed by atoms with van der Waals surface area (Å²) < 4.78 is 0. The van der Waals surface area contributed by atoms with E-state index in [9.17, 15) is 25.0 Å². The Kier molecular flexibility index (Phi) is 4.67. The van der Waals surface area contributed by atoms with Crippen LogP contribution in [0, 0.1) is 20.2 Å². The number of hydrogen-bond donors (Lipinski definition) is 1. The van der Waals surface area contributed by atoms with E-state index < -0.39 is 27.1 Å². The molecule has 0 bridgehead atoms. The molecule has 0 saturated heterocycles. The molecule has 1 N–H and O–H groups in total. The lowest BCUT2D eigenvalue weighted by Gasteiger charge is -2.28. The Morgan fingerprint density at radius 2 is 1.66 bits per heavy atom. The quantitative estimate of drug-likeness (QED) is 0.520. The van der Waals surface area contributed by atoms with Crippen molar-refractivity contribution >= 4 is 28.1 Å². The van der Waals surface area contributed by atoms with Gasteiger partial charge in [0.2, 0.25) is 0 Å². The summed E-state index contributed by atoms with van der Waals surface area (Å²) in [6.45, 7) is 0. The molecule has 3 aromatic carbocycles. The molecule has 0 fully saturated rings. The summed E-state index contributed by atoms with van der Waals surface area (Å²) in [5.41, 5.74) is 1.13. The summed E-state index contributed by atoms with van der Waals surface area (Å²) in [4.78, 5) is 33.6. The van der Waals surface area contributed by atoms with Gasteiger partial charge < -0.3 is 5.32 Å². The van der Waals surface area contributed by atoms with Crippen molar-refractivity contribution in [2.24, 2.45) is 0 Å². The van der Waals surface area contributed by atoms with Crippen molar-refractivity contribution in [2.45, 2.75) is 25.3 Å². The molecule has 29 heavy (non-hydrogen) atoms. The minimum Gasteiger partial charge on any atom is -0.345 e. The Morgan fingerprint density at radius 1 is 0.966 bits per heavy atom. The number of aryl methyl sites for hydroxylation is 1. The zero-order valence-corrected chi connectivity index (χ0v) is 15.3. The lowest BCUT2D eigenvalue weighted by Crippen LogP contribution is -2.31. The second-order valence-corrected chi connectivity index (χ2v) is 7.03. The van der Waals surface area contributed by atoms with Gasteiger partial charge in [-0.2, -0.15) is 0 Å². The van der Waals surface area contributed by atoms with Crippen LogP contribution in [0.5, 0.6) is 0 Å². The van der Waals surface area contributed by atoms with Crippen LogP contribution in [-0.4, -0.2) is 15.8 Å². The smallest absolute Gasteiger partial charge is 0.277 e. The first kappa shape index (κ1) is 18.5. The summed E-state index contributed by atoms with van der Waals surface area (Å²) in [6.07, 6.45) is 2.53. The highest BCUT2D eigenvalue weighted by Crippen LogP contribution is 2.36. The van der Waals surface area contributed by atoms with E-state index in [1.807, 2.05) is 24.3 Å². The molecular weight excluding hydrogens is 374 g/mol. The molecule has 3 aromatic rings. The molecule has 1 aliphatic rings. The van der Waals surface area contributed by atoms with Crippen LogP contribution < -0.4 is 5.32 Å². The molecule has 4 rings (SSSR count). The molecule has 1 unspecified atom stereocenters. The third kappa shape index (κ3) is 3.52. The van der Waals surface area contributed by atoms with Crippen molar-refractivity contribution in [1.29, 1.82) is 0 Å². The van der Waals surface area contributed by atoms with Crippen LogP contribution in [0.2, 0.25) is 0 Å². The zero-order valence-electron chi connectivity index (χ0n) is 15.3. The molecule has 8 nitrogen and oxygen atoms in total. The maximum absolute atomic E-state index is 12.9. The number of nitrogens with one attached hydrogen (secondary N) is 1. The van der Waals surface area contributed by atoms with Crippen LogP contribution >= 0.6 is 0 Å². The summed E-state index contributed by atoms with van der Waals surface area (Å²) in [7, 11) is 0. The highest BCUT2D eigenvalue weighted by Gasteiger charge is 2.26. The van der Waals surface area contributed by atoms with Crippen LogP contribution in [0.15, 0.2) is 54.6 Å². The lowest BCUT2D eigenvalue weighted by molar-refractivity contribution is -0.394. The van der Waals surface area contributed by atoms with Gasteiger partial charge in [0.25, 0.3) is 17.3 Å². The Balaban J connectivity index is 1.71. The first-order chi connectivity index (χ1) is 13.9. The second-order valence-electron chi connectivity index (χ2n) is 7.03. The van der Waals surface area contributed by atoms with Gasteiger partial charge in [0, 0.05) is 12.1 Å². The summed E-state index contributed by atoms with van der Waals surface area (Å²) in [5, 5.41) is 27.3. The van der Waals surface area contributed by atoms with Gasteiger partial charge in [0.05, 0.1) is 27.5 Å². The number of nitrogens with zero attached hydrogens (tertiary/aromatic N) is 2. The van der Waals surface area contributed by atoms with Crippen molar-refractivity contribution < 1.29 is 14.6 Å². The van der Waals surface area contributed by atoms with Crippen molar-refractivity contribution in [3.05, 3.63) is 91.5 Å². The summed E-state index contributed by atoms with van der Waals surface area (Å²) >= 11 is 0. The number of carbonyl (C=O) groups excluding carboxylic acids is 1. The molecule has 0 aliphatic heterocycles. The molecule has 1 atom stereocenters. The van der Waals surface area contributed by atoms with E-state index in [0.29, 0.717) is 0 Å². The third-order valence-corrected chi connectivity index (χ3v) is 5.24. The molecule has 0 radical (unpaired) electrons. The lowest BCUT2D eigenvalue weighted by atomic mass is 9.84.